The fraction of sp³-hybridized carbons (Fsp3) is 0.889. The molecule has 1 N–H and O–H groups in total. The van der Waals surface area contributed by atoms with Crippen LogP contribution in [0.25, 0.3) is 0 Å². The minimum Gasteiger partial charge on any atom is -0.463 e. The molecule has 0 fully saturated rings. The van der Waals surface area contributed by atoms with Crippen molar-refractivity contribution in [2.75, 3.05) is 6.61 Å². The Labute approximate surface area is 73.7 Å². The molecule has 0 radical (unpaired) electrons. The number of carbonyl (C=O) groups is 1. The number of hydrogen-bond acceptors (Lipinski definition) is 3. The average Bonchev–Trinajstić information content (AvgIpc) is 1.97. The maximum absolute atomic E-state index is 10.9. The summed E-state index contributed by atoms with van der Waals surface area (Å²) in [6, 6.07) is 0. The molecular weight excluding hydrogens is 156 g/mol. The Morgan fingerprint density at radius 3 is 2.33 bits per heavy atom. The summed E-state index contributed by atoms with van der Waals surface area (Å²) in [5, 5.41) is 9.05. The molecule has 1 unspecified atom stereocenters. The molecule has 0 spiro atoms. The van der Waals surface area contributed by atoms with Crippen molar-refractivity contribution < 1.29 is 14.6 Å². The van der Waals surface area contributed by atoms with Crippen molar-refractivity contribution in [3.63, 3.8) is 0 Å². The van der Waals surface area contributed by atoms with E-state index in [9.17, 15) is 4.79 Å². The van der Waals surface area contributed by atoms with Gasteiger partial charge in [0.2, 0.25) is 0 Å². The van der Waals surface area contributed by atoms with E-state index < -0.39 is 12.1 Å². The van der Waals surface area contributed by atoms with Crippen molar-refractivity contribution >= 4 is 5.97 Å². The standard InChI is InChI=1S/C9H18O3/c1-5-7(10)8(11)12-6-9(2,3)4/h7,10H,5-6H2,1-4H3. The van der Waals surface area contributed by atoms with Gasteiger partial charge >= 0.3 is 5.97 Å². The molecule has 0 aromatic carbocycles. The zero-order chi connectivity index (χ0) is 9.78. The highest BCUT2D eigenvalue weighted by atomic mass is 16.5. The molecule has 12 heavy (non-hydrogen) atoms. The predicted octanol–water partition coefficient (Wildman–Crippen LogP) is 1.35. The van der Waals surface area contributed by atoms with E-state index in [0.717, 1.165) is 0 Å². The molecule has 0 aliphatic carbocycles. The molecule has 0 rings (SSSR count). The van der Waals surface area contributed by atoms with E-state index in [-0.39, 0.29) is 5.41 Å². The Morgan fingerprint density at radius 1 is 1.50 bits per heavy atom. The molecule has 0 aliphatic heterocycles. The third-order valence-corrected chi connectivity index (χ3v) is 1.31. The highest BCUT2D eigenvalue weighted by molar-refractivity contribution is 5.74. The van der Waals surface area contributed by atoms with Crippen molar-refractivity contribution in [3.05, 3.63) is 0 Å². The zero-order valence-electron chi connectivity index (χ0n) is 8.26. The van der Waals surface area contributed by atoms with Crippen molar-refractivity contribution in [1.82, 2.24) is 0 Å². The molecule has 72 valence electrons. The van der Waals surface area contributed by atoms with Gasteiger partial charge in [0.15, 0.2) is 6.10 Å². The number of ether oxygens (including phenoxy) is 1. The smallest absolute Gasteiger partial charge is 0.334 e. The van der Waals surface area contributed by atoms with E-state index in [0.29, 0.717) is 13.0 Å². The van der Waals surface area contributed by atoms with Crippen molar-refractivity contribution in [2.45, 2.75) is 40.2 Å². The Bertz CT molecular complexity index is 146. The first kappa shape index (κ1) is 11.4. The Morgan fingerprint density at radius 2 is 2.00 bits per heavy atom. The normalized spacial score (nSPS) is 14.1. The van der Waals surface area contributed by atoms with Crippen LogP contribution in [0.3, 0.4) is 0 Å². The number of rotatable bonds is 3. The second kappa shape index (κ2) is 4.45. The lowest BCUT2D eigenvalue weighted by Gasteiger charge is -2.18. The predicted molar refractivity (Wildman–Crippen MR) is 46.7 cm³/mol. The molecule has 0 saturated heterocycles. The largest absolute Gasteiger partial charge is 0.463 e. The molecule has 3 heteroatoms. The van der Waals surface area contributed by atoms with Gasteiger partial charge in [0.1, 0.15) is 0 Å². The number of aliphatic hydroxyl groups is 1. The Hall–Kier alpha value is -0.570. The molecule has 0 aromatic heterocycles. The van der Waals surface area contributed by atoms with Crippen LogP contribution in [0.2, 0.25) is 0 Å². The molecule has 0 amide bonds. The van der Waals surface area contributed by atoms with Crippen LogP contribution in [0.1, 0.15) is 34.1 Å². The number of carbonyl (C=O) groups excluding carboxylic acids is 1. The van der Waals surface area contributed by atoms with Crippen LogP contribution in [0.15, 0.2) is 0 Å². The van der Waals surface area contributed by atoms with Crippen LogP contribution in [0, 0.1) is 5.41 Å². The summed E-state index contributed by atoms with van der Waals surface area (Å²) in [7, 11) is 0. The number of aliphatic hydroxyl groups excluding tert-OH is 1. The molecule has 0 saturated carbocycles. The van der Waals surface area contributed by atoms with Crippen molar-refractivity contribution in [1.29, 1.82) is 0 Å². The van der Waals surface area contributed by atoms with E-state index in [2.05, 4.69) is 0 Å². The third kappa shape index (κ3) is 5.13. The topological polar surface area (TPSA) is 46.5 Å². The number of esters is 1. The average molecular weight is 174 g/mol. The minimum atomic E-state index is -0.965. The molecule has 0 heterocycles. The fourth-order valence-corrected chi connectivity index (χ4v) is 0.550. The van der Waals surface area contributed by atoms with Crippen molar-refractivity contribution in [2.24, 2.45) is 5.41 Å². The van der Waals surface area contributed by atoms with Crippen LogP contribution in [0.4, 0.5) is 0 Å². The summed E-state index contributed by atoms with van der Waals surface area (Å²) >= 11 is 0. The summed E-state index contributed by atoms with van der Waals surface area (Å²) < 4.78 is 4.87. The number of hydrogen-bond donors (Lipinski definition) is 1. The van der Waals surface area contributed by atoms with E-state index >= 15 is 0 Å². The first-order valence-electron chi connectivity index (χ1n) is 4.21. The van der Waals surface area contributed by atoms with Gasteiger partial charge in [-0.15, -0.1) is 0 Å². The van der Waals surface area contributed by atoms with Crippen molar-refractivity contribution in [3.8, 4) is 0 Å². The first-order valence-corrected chi connectivity index (χ1v) is 4.21. The maximum Gasteiger partial charge on any atom is 0.334 e. The lowest BCUT2D eigenvalue weighted by Crippen LogP contribution is -2.26. The Kier molecular flexibility index (Phi) is 4.24. The summed E-state index contributed by atoms with van der Waals surface area (Å²) in [4.78, 5) is 10.9. The van der Waals surface area contributed by atoms with Crippen LogP contribution in [0.5, 0.6) is 0 Å². The maximum atomic E-state index is 10.9. The molecular formula is C9H18O3. The van der Waals surface area contributed by atoms with Crippen LogP contribution < -0.4 is 0 Å². The van der Waals surface area contributed by atoms with Gasteiger partial charge in [-0.2, -0.15) is 0 Å². The van der Waals surface area contributed by atoms with Crippen LogP contribution >= 0.6 is 0 Å². The van der Waals surface area contributed by atoms with Gasteiger partial charge in [-0.1, -0.05) is 27.7 Å². The summed E-state index contributed by atoms with van der Waals surface area (Å²) in [6.45, 7) is 8.00. The summed E-state index contributed by atoms with van der Waals surface area (Å²) in [5.74, 6) is -0.521. The minimum absolute atomic E-state index is 0.0386. The van der Waals surface area contributed by atoms with E-state index in [4.69, 9.17) is 9.84 Å². The fourth-order valence-electron chi connectivity index (χ4n) is 0.550. The van der Waals surface area contributed by atoms with E-state index in [1.54, 1.807) is 6.92 Å². The monoisotopic (exact) mass is 174 g/mol. The van der Waals surface area contributed by atoms with Crippen LogP contribution in [-0.4, -0.2) is 23.8 Å². The quantitative estimate of drug-likeness (QED) is 0.657. The van der Waals surface area contributed by atoms with Gasteiger partial charge in [-0.05, 0) is 11.8 Å². The summed E-state index contributed by atoms with van der Waals surface area (Å²) in [6.07, 6.45) is -0.560. The molecule has 0 aliphatic rings. The van der Waals surface area contributed by atoms with Gasteiger partial charge in [-0.3, -0.25) is 0 Å². The SMILES string of the molecule is CCC(O)C(=O)OCC(C)(C)C. The molecule has 0 aromatic rings. The highest BCUT2D eigenvalue weighted by Crippen LogP contribution is 2.13. The molecule has 3 nitrogen and oxygen atoms in total. The van der Waals surface area contributed by atoms with Gasteiger partial charge in [0, 0.05) is 0 Å². The summed E-state index contributed by atoms with van der Waals surface area (Å²) in [5.41, 5.74) is -0.0386. The van der Waals surface area contributed by atoms with Gasteiger partial charge in [-0.25, -0.2) is 4.79 Å². The second-order valence-electron chi connectivity index (χ2n) is 4.09. The van der Waals surface area contributed by atoms with E-state index in [1.165, 1.54) is 0 Å². The first-order chi connectivity index (χ1) is 5.37. The van der Waals surface area contributed by atoms with Crippen LogP contribution in [-0.2, 0) is 9.53 Å². The van der Waals surface area contributed by atoms with E-state index in [1.807, 2.05) is 20.8 Å². The lowest BCUT2D eigenvalue weighted by molar-refractivity contribution is -0.156. The molecule has 0 bridgehead atoms. The van der Waals surface area contributed by atoms with Gasteiger partial charge in [0.05, 0.1) is 6.61 Å². The Balaban J connectivity index is 3.72. The van der Waals surface area contributed by atoms with Gasteiger partial charge in [0.25, 0.3) is 0 Å². The van der Waals surface area contributed by atoms with Gasteiger partial charge < -0.3 is 9.84 Å². The highest BCUT2D eigenvalue weighted by Gasteiger charge is 2.18. The second-order valence-corrected chi connectivity index (χ2v) is 4.09. The zero-order valence-corrected chi connectivity index (χ0v) is 8.26. The molecule has 1 atom stereocenters. The third-order valence-electron chi connectivity index (χ3n) is 1.31. The lowest BCUT2D eigenvalue weighted by atomic mass is 9.99.